The Balaban J connectivity index is 1.99. The molecule has 2 aliphatic rings. The van der Waals surface area contributed by atoms with Gasteiger partial charge in [0.05, 0.1) is 0 Å². The van der Waals surface area contributed by atoms with Crippen LogP contribution in [0.1, 0.15) is 46.5 Å². The van der Waals surface area contributed by atoms with Crippen LogP contribution in [0.4, 0.5) is 0 Å². The summed E-state index contributed by atoms with van der Waals surface area (Å²) >= 11 is 0. The Labute approximate surface area is 113 Å². The Morgan fingerprint density at radius 3 is 2.56 bits per heavy atom. The van der Waals surface area contributed by atoms with Gasteiger partial charge in [-0.3, -0.25) is 9.80 Å². The zero-order valence-corrected chi connectivity index (χ0v) is 12.5. The Hall–Kier alpha value is -0.120. The lowest BCUT2D eigenvalue weighted by atomic mass is 9.81. The lowest BCUT2D eigenvalue weighted by Crippen LogP contribution is -2.57. The van der Waals surface area contributed by atoms with E-state index in [1.165, 1.54) is 51.9 Å². The topological polar surface area (TPSA) is 32.5 Å². The molecule has 2 saturated heterocycles. The summed E-state index contributed by atoms with van der Waals surface area (Å²) in [7, 11) is 0. The maximum atomic E-state index is 6.06. The molecule has 0 bridgehead atoms. The molecule has 18 heavy (non-hydrogen) atoms. The first-order chi connectivity index (χ1) is 8.64. The van der Waals surface area contributed by atoms with Crippen molar-refractivity contribution in [2.45, 2.75) is 58.5 Å². The lowest BCUT2D eigenvalue weighted by molar-refractivity contribution is 0.0247. The molecule has 0 spiro atoms. The molecule has 2 rings (SSSR count). The highest BCUT2D eigenvalue weighted by molar-refractivity contribution is 4.93. The van der Waals surface area contributed by atoms with Gasteiger partial charge in [-0.15, -0.1) is 0 Å². The molecule has 3 heteroatoms. The minimum absolute atomic E-state index is 0.342. The number of nitrogens with two attached hydrogens (primary N) is 1. The summed E-state index contributed by atoms with van der Waals surface area (Å²) in [6, 6.07) is 1.52. The van der Waals surface area contributed by atoms with E-state index in [0.717, 1.165) is 12.6 Å². The molecular weight excluding hydrogens is 222 g/mol. The van der Waals surface area contributed by atoms with Crippen LogP contribution in [0.3, 0.4) is 0 Å². The predicted octanol–water partition coefficient (Wildman–Crippen LogP) is 1.92. The van der Waals surface area contributed by atoms with E-state index in [-0.39, 0.29) is 0 Å². The van der Waals surface area contributed by atoms with Gasteiger partial charge < -0.3 is 5.73 Å². The Bertz CT molecular complexity index is 254. The van der Waals surface area contributed by atoms with E-state index in [1.807, 2.05) is 0 Å². The summed E-state index contributed by atoms with van der Waals surface area (Å²) in [5, 5.41) is 0. The van der Waals surface area contributed by atoms with E-state index in [9.17, 15) is 0 Å². The van der Waals surface area contributed by atoms with Crippen molar-refractivity contribution in [3.8, 4) is 0 Å². The van der Waals surface area contributed by atoms with Crippen molar-refractivity contribution in [3.63, 3.8) is 0 Å². The van der Waals surface area contributed by atoms with Crippen LogP contribution >= 0.6 is 0 Å². The summed E-state index contributed by atoms with van der Waals surface area (Å²) in [6.45, 7) is 12.9. The van der Waals surface area contributed by atoms with E-state index in [4.69, 9.17) is 5.73 Å². The average molecular weight is 253 g/mol. The van der Waals surface area contributed by atoms with Gasteiger partial charge in [0, 0.05) is 31.7 Å². The number of hydrogen-bond donors (Lipinski definition) is 1. The van der Waals surface area contributed by atoms with Crippen LogP contribution in [0.15, 0.2) is 0 Å². The summed E-state index contributed by atoms with van der Waals surface area (Å²) in [5.41, 5.74) is 6.40. The van der Waals surface area contributed by atoms with Gasteiger partial charge in [0.1, 0.15) is 0 Å². The number of piperazine rings is 1. The molecule has 2 unspecified atom stereocenters. The van der Waals surface area contributed by atoms with Crippen LogP contribution in [-0.2, 0) is 0 Å². The van der Waals surface area contributed by atoms with Gasteiger partial charge in [0.15, 0.2) is 0 Å². The van der Waals surface area contributed by atoms with Crippen LogP contribution < -0.4 is 5.73 Å². The smallest absolute Gasteiger partial charge is 0.0224 e. The van der Waals surface area contributed by atoms with Crippen molar-refractivity contribution < 1.29 is 0 Å². The second-order valence-corrected chi connectivity index (χ2v) is 6.48. The summed E-state index contributed by atoms with van der Waals surface area (Å²) in [6.07, 6.45) is 5.21. The zero-order chi connectivity index (χ0) is 13.2. The molecule has 0 radical (unpaired) electrons. The van der Waals surface area contributed by atoms with Crippen LogP contribution in [0, 0.1) is 5.41 Å². The van der Waals surface area contributed by atoms with Gasteiger partial charge in [0.25, 0.3) is 0 Å². The van der Waals surface area contributed by atoms with Crippen LogP contribution in [0.5, 0.6) is 0 Å². The third kappa shape index (κ3) is 2.73. The molecule has 0 saturated carbocycles. The van der Waals surface area contributed by atoms with Crippen molar-refractivity contribution in [2.75, 3.05) is 32.7 Å². The van der Waals surface area contributed by atoms with Crippen molar-refractivity contribution >= 4 is 0 Å². The molecule has 106 valence electrons. The van der Waals surface area contributed by atoms with Crippen molar-refractivity contribution in [1.82, 2.24) is 9.80 Å². The van der Waals surface area contributed by atoms with Crippen LogP contribution in [0.2, 0.25) is 0 Å². The maximum absolute atomic E-state index is 6.06. The SMILES string of the molecule is CCC(CC)(CN)CN1CC2CCCN2CC1C. The highest BCUT2D eigenvalue weighted by Gasteiger charge is 2.37. The van der Waals surface area contributed by atoms with E-state index in [1.54, 1.807) is 0 Å². The normalized spacial score (nSPS) is 30.7. The highest BCUT2D eigenvalue weighted by atomic mass is 15.3. The fourth-order valence-electron chi connectivity index (χ4n) is 3.73. The molecule has 0 amide bonds. The Kier molecular flexibility index (Phi) is 4.68. The molecule has 2 fully saturated rings. The van der Waals surface area contributed by atoms with Crippen molar-refractivity contribution in [1.29, 1.82) is 0 Å². The second kappa shape index (κ2) is 5.89. The number of nitrogens with zero attached hydrogens (tertiary/aromatic N) is 2. The highest BCUT2D eigenvalue weighted by Crippen LogP contribution is 2.31. The van der Waals surface area contributed by atoms with Gasteiger partial charge in [-0.25, -0.2) is 0 Å². The first-order valence-electron chi connectivity index (χ1n) is 7.82. The van der Waals surface area contributed by atoms with Gasteiger partial charge >= 0.3 is 0 Å². The number of rotatable bonds is 5. The first-order valence-corrected chi connectivity index (χ1v) is 7.82. The van der Waals surface area contributed by atoms with Gasteiger partial charge in [-0.1, -0.05) is 13.8 Å². The van der Waals surface area contributed by atoms with Crippen molar-refractivity contribution in [2.24, 2.45) is 11.1 Å². The molecule has 2 heterocycles. The minimum atomic E-state index is 0.342. The molecule has 0 aromatic carbocycles. The van der Waals surface area contributed by atoms with Crippen LogP contribution in [-0.4, -0.2) is 54.6 Å². The maximum Gasteiger partial charge on any atom is 0.0224 e. The third-order valence-electron chi connectivity index (χ3n) is 5.54. The molecule has 2 N–H and O–H groups in total. The summed E-state index contributed by atoms with van der Waals surface area (Å²) in [4.78, 5) is 5.41. The van der Waals surface area contributed by atoms with Gasteiger partial charge in [0.2, 0.25) is 0 Å². The minimum Gasteiger partial charge on any atom is -0.330 e. The van der Waals surface area contributed by atoms with Crippen molar-refractivity contribution in [3.05, 3.63) is 0 Å². The third-order valence-corrected chi connectivity index (χ3v) is 5.54. The lowest BCUT2D eigenvalue weighted by Gasteiger charge is -2.46. The largest absolute Gasteiger partial charge is 0.330 e. The second-order valence-electron chi connectivity index (χ2n) is 6.48. The van der Waals surface area contributed by atoms with Gasteiger partial charge in [-0.2, -0.15) is 0 Å². The fraction of sp³-hybridized carbons (Fsp3) is 1.00. The first kappa shape index (κ1) is 14.3. The molecule has 2 aliphatic heterocycles. The summed E-state index contributed by atoms with van der Waals surface area (Å²) < 4.78 is 0. The molecule has 2 atom stereocenters. The number of hydrogen-bond acceptors (Lipinski definition) is 3. The molecule has 0 aliphatic carbocycles. The van der Waals surface area contributed by atoms with E-state index >= 15 is 0 Å². The standard InChI is InChI=1S/C15H31N3/c1-4-15(5-2,11-16)12-18-10-14-7-6-8-17(14)9-13(18)3/h13-14H,4-12,16H2,1-3H3. The monoisotopic (exact) mass is 253 g/mol. The number of fused-ring (bicyclic) bond motifs is 1. The molecule has 0 aromatic heterocycles. The van der Waals surface area contributed by atoms with Crippen LogP contribution in [0.25, 0.3) is 0 Å². The quantitative estimate of drug-likeness (QED) is 0.812. The predicted molar refractivity (Wildman–Crippen MR) is 77.7 cm³/mol. The molecule has 0 aromatic rings. The van der Waals surface area contributed by atoms with E-state index < -0.39 is 0 Å². The Morgan fingerprint density at radius 1 is 1.22 bits per heavy atom. The Morgan fingerprint density at radius 2 is 1.94 bits per heavy atom. The average Bonchev–Trinajstić information content (AvgIpc) is 2.83. The van der Waals surface area contributed by atoms with E-state index in [0.29, 0.717) is 11.5 Å². The zero-order valence-electron chi connectivity index (χ0n) is 12.5. The van der Waals surface area contributed by atoms with Gasteiger partial charge in [-0.05, 0) is 51.1 Å². The fourth-order valence-corrected chi connectivity index (χ4v) is 3.73. The molecule has 3 nitrogen and oxygen atoms in total. The van der Waals surface area contributed by atoms with E-state index in [2.05, 4.69) is 30.6 Å². The summed E-state index contributed by atoms with van der Waals surface area (Å²) in [5.74, 6) is 0. The molecular formula is C15H31N3.